The van der Waals surface area contributed by atoms with E-state index >= 15 is 0 Å². The highest BCUT2D eigenvalue weighted by Crippen LogP contribution is 2.41. The molecule has 3 heterocycles. The topological polar surface area (TPSA) is 48.5 Å². The molecule has 0 amide bonds. The summed E-state index contributed by atoms with van der Waals surface area (Å²) in [6.07, 6.45) is 1.48. The number of rotatable bonds is 11. The second-order valence-corrected chi connectivity index (χ2v) is 26.8. The van der Waals surface area contributed by atoms with E-state index in [9.17, 15) is 0 Å². The monoisotopic (exact) mass is 1070 g/mol. The SMILES string of the molecule is CC(C)(C)c1ccc2c(c1)c1cc(C(C)(C)C)ccc1n2CCc1c(-c2ccccc2)cccc1-c1nc(-c2ccccc2)nc(-c2cccc(-c3ccccc3)c2CCn2c3ccc(C(C)(C)C)cc3c3cc(C(C)(C)C)ccc32)n1. The Morgan fingerprint density at radius 2 is 0.561 bits per heavy atom. The molecule has 0 aliphatic rings. The smallest absolute Gasteiger partial charge is 0.164 e. The van der Waals surface area contributed by atoms with Gasteiger partial charge in [0.05, 0.1) is 0 Å². The van der Waals surface area contributed by atoms with Crippen LogP contribution in [0, 0.1) is 0 Å². The molecule has 410 valence electrons. The van der Waals surface area contributed by atoms with E-state index in [1.165, 1.54) is 88.1 Å². The molecular formula is C77H77N5. The van der Waals surface area contributed by atoms with Crippen LogP contribution in [0.1, 0.15) is 116 Å². The summed E-state index contributed by atoms with van der Waals surface area (Å²) in [4.78, 5) is 16.6. The molecule has 3 aromatic heterocycles. The number of hydrogen-bond donors (Lipinski definition) is 0. The van der Waals surface area contributed by atoms with Crippen LogP contribution in [-0.4, -0.2) is 24.1 Å². The molecule has 12 rings (SSSR count). The van der Waals surface area contributed by atoms with Gasteiger partial charge in [-0.3, -0.25) is 0 Å². The van der Waals surface area contributed by atoms with Crippen molar-refractivity contribution in [2.45, 2.75) is 131 Å². The summed E-state index contributed by atoms with van der Waals surface area (Å²) in [7, 11) is 0. The lowest BCUT2D eigenvalue weighted by Gasteiger charge is -2.20. The second kappa shape index (κ2) is 20.8. The van der Waals surface area contributed by atoms with Gasteiger partial charge in [-0.05, 0) is 139 Å². The zero-order valence-corrected chi connectivity index (χ0v) is 50.1. The van der Waals surface area contributed by atoms with Gasteiger partial charge >= 0.3 is 0 Å². The summed E-state index contributed by atoms with van der Waals surface area (Å²) in [5.41, 5.74) is 20.4. The third-order valence-electron chi connectivity index (χ3n) is 17.0. The average Bonchev–Trinajstić information content (AvgIpc) is 4.19. The molecule has 9 aromatic carbocycles. The molecule has 5 heteroatoms. The summed E-state index contributed by atoms with van der Waals surface area (Å²) < 4.78 is 5.10. The average molecular weight is 1070 g/mol. The highest BCUT2D eigenvalue weighted by atomic mass is 15.0. The van der Waals surface area contributed by atoms with Gasteiger partial charge in [0.15, 0.2) is 17.5 Å². The zero-order chi connectivity index (χ0) is 57.3. The Morgan fingerprint density at radius 1 is 0.280 bits per heavy atom. The molecule has 0 aliphatic heterocycles. The van der Waals surface area contributed by atoms with Crippen LogP contribution in [0.15, 0.2) is 200 Å². The highest BCUT2D eigenvalue weighted by Gasteiger charge is 2.26. The second-order valence-electron chi connectivity index (χ2n) is 26.8. The Balaban J connectivity index is 1.03. The summed E-state index contributed by atoms with van der Waals surface area (Å²) in [5.74, 6) is 1.96. The Hall–Kier alpha value is -8.41. The highest BCUT2D eigenvalue weighted by molar-refractivity contribution is 6.10. The lowest BCUT2D eigenvalue weighted by molar-refractivity contribution is 0.590. The maximum absolute atomic E-state index is 5.67. The largest absolute Gasteiger partial charge is 0.340 e. The minimum absolute atomic E-state index is 0.0132. The number of aromatic nitrogens is 5. The van der Waals surface area contributed by atoms with Crippen molar-refractivity contribution in [3.05, 3.63) is 234 Å². The number of hydrogen-bond acceptors (Lipinski definition) is 3. The molecule has 0 aliphatic carbocycles. The van der Waals surface area contributed by atoms with Gasteiger partial charge in [-0.25, -0.2) is 15.0 Å². The molecule has 0 bridgehead atoms. The molecular weight excluding hydrogens is 995 g/mol. The number of fused-ring (bicyclic) bond motifs is 6. The number of aryl methyl sites for hydroxylation is 2. The predicted octanol–water partition coefficient (Wildman–Crippen LogP) is 20.1. The van der Waals surface area contributed by atoms with Gasteiger partial charge in [0.2, 0.25) is 0 Å². The first kappa shape index (κ1) is 54.2. The molecule has 0 unspecified atom stereocenters. The zero-order valence-electron chi connectivity index (χ0n) is 50.1. The summed E-state index contributed by atoms with van der Waals surface area (Å²) in [5, 5.41) is 5.21. The van der Waals surface area contributed by atoms with Gasteiger partial charge in [-0.2, -0.15) is 0 Å². The molecule has 0 atom stereocenters. The first-order chi connectivity index (χ1) is 39.2. The molecule has 0 saturated heterocycles. The van der Waals surface area contributed by atoms with Crippen molar-refractivity contribution in [1.82, 2.24) is 24.1 Å². The van der Waals surface area contributed by atoms with Crippen LogP contribution in [0.3, 0.4) is 0 Å². The van der Waals surface area contributed by atoms with Crippen molar-refractivity contribution in [3.63, 3.8) is 0 Å². The third-order valence-corrected chi connectivity index (χ3v) is 17.0. The van der Waals surface area contributed by atoms with Crippen molar-refractivity contribution in [1.29, 1.82) is 0 Å². The first-order valence-corrected chi connectivity index (χ1v) is 29.5. The Labute approximate surface area is 485 Å². The van der Waals surface area contributed by atoms with E-state index in [2.05, 4.69) is 292 Å². The van der Waals surface area contributed by atoms with Gasteiger partial charge in [-0.1, -0.05) is 235 Å². The fourth-order valence-corrected chi connectivity index (χ4v) is 12.2. The van der Waals surface area contributed by atoms with E-state index in [0.29, 0.717) is 17.5 Å². The van der Waals surface area contributed by atoms with Crippen LogP contribution in [0.25, 0.3) is 100 Å². The molecule has 0 saturated carbocycles. The molecule has 82 heavy (non-hydrogen) atoms. The van der Waals surface area contributed by atoms with Crippen molar-refractivity contribution < 1.29 is 0 Å². The van der Waals surface area contributed by atoms with E-state index in [4.69, 9.17) is 15.0 Å². The first-order valence-electron chi connectivity index (χ1n) is 29.5. The van der Waals surface area contributed by atoms with Crippen LogP contribution in [-0.2, 0) is 47.6 Å². The van der Waals surface area contributed by atoms with Gasteiger partial charge in [0.25, 0.3) is 0 Å². The summed E-state index contributed by atoms with van der Waals surface area (Å²) in [6, 6.07) is 74.0. The number of benzene rings is 9. The van der Waals surface area contributed by atoms with Crippen LogP contribution < -0.4 is 0 Å². The molecule has 0 radical (unpaired) electrons. The van der Waals surface area contributed by atoms with Crippen LogP contribution in [0.2, 0.25) is 0 Å². The standard InChI is InChI=1S/C77H77N5/c1-74(2,3)53-34-38-67-63(46-53)64-47-54(75(4,5)6)35-39-68(64)81(67)44-42-59-57(50-24-16-13-17-25-50)30-22-32-61(59)72-78-71(52-28-20-15-21-29-52)79-73(80-72)62-33-23-31-58(51-26-18-14-19-27-51)60(62)43-45-82-69-40-36-55(76(7,8)9)48-65(69)66-49-56(77(10,11)12)37-41-70(66)82/h13-41,46-49H,42-45H2,1-12H3. The van der Waals surface area contributed by atoms with Crippen molar-refractivity contribution >= 4 is 43.6 Å². The van der Waals surface area contributed by atoms with Crippen molar-refractivity contribution in [2.75, 3.05) is 0 Å². The van der Waals surface area contributed by atoms with Gasteiger partial charge in [0, 0.05) is 73.4 Å². The molecule has 0 fully saturated rings. The minimum atomic E-state index is 0.0132. The van der Waals surface area contributed by atoms with Gasteiger partial charge < -0.3 is 9.13 Å². The normalized spacial score (nSPS) is 12.6. The van der Waals surface area contributed by atoms with Gasteiger partial charge in [-0.15, -0.1) is 0 Å². The van der Waals surface area contributed by atoms with E-state index in [-0.39, 0.29) is 21.7 Å². The Morgan fingerprint density at radius 3 is 0.866 bits per heavy atom. The lowest BCUT2D eigenvalue weighted by atomic mass is 9.85. The fraction of sp³-hybridized carbons (Fsp3) is 0.260. The minimum Gasteiger partial charge on any atom is -0.340 e. The quantitative estimate of drug-likeness (QED) is 0.130. The maximum Gasteiger partial charge on any atom is 0.164 e. The van der Waals surface area contributed by atoms with E-state index in [1.54, 1.807) is 0 Å². The van der Waals surface area contributed by atoms with E-state index in [1.807, 2.05) is 0 Å². The maximum atomic E-state index is 5.67. The third kappa shape index (κ3) is 10.4. The molecule has 5 nitrogen and oxygen atoms in total. The van der Waals surface area contributed by atoms with Crippen LogP contribution >= 0.6 is 0 Å². The van der Waals surface area contributed by atoms with E-state index in [0.717, 1.165) is 53.7 Å². The number of nitrogens with zero attached hydrogens (tertiary/aromatic N) is 5. The van der Waals surface area contributed by atoms with Crippen LogP contribution in [0.5, 0.6) is 0 Å². The van der Waals surface area contributed by atoms with Crippen LogP contribution in [0.4, 0.5) is 0 Å². The molecule has 0 spiro atoms. The predicted molar refractivity (Wildman–Crippen MR) is 348 cm³/mol. The lowest BCUT2D eigenvalue weighted by Crippen LogP contribution is -2.11. The molecule has 12 aromatic rings. The van der Waals surface area contributed by atoms with Gasteiger partial charge in [0.1, 0.15) is 0 Å². The Bertz CT molecular complexity index is 3940. The fourth-order valence-electron chi connectivity index (χ4n) is 12.2. The summed E-state index contributed by atoms with van der Waals surface area (Å²) in [6.45, 7) is 29.2. The molecule has 0 N–H and O–H groups in total. The van der Waals surface area contributed by atoms with Crippen molar-refractivity contribution in [3.8, 4) is 56.4 Å². The Kier molecular flexibility index (Phi) is 13.8. The van der Waals surface area contributed by atoms with Crippen molar-refractivity contribution in [2.24, 2.45) is 0 Å². The summed E-state index contributed by atoms with van der Waals surface area (Å²) >= 11 is 0. The van der Waals surface area contributed by atoms with E-state index < -0.39 is 0 Å².